The van der Waals surface area contributed by atoms with Crippen LogP contribution in [0.4, 0.5) is 11.4 Å². The Kier molecular flexibility index (Phi) is 4.29. The summed E-state index contributed by atoms with van der Waals surface area (Å²) in [6.45, 7) is 5.41. The van der Waals surface area contributed by atoms with Crippen LogP contribution < -0.4 is 10.6 Å². The van der Waals surface area contributed by atoms with Crippen molar-refractivity contribution in [3.8, 4) is 0 Å². The predicted molar refractivity (Wildman–Crippen MR) is 90.4 cm³/mol. The molecule has 0 saturated carbocycles. The first kappa shape index (κ1) is 13.9. The van der Waals surface area contributed by atoms with Crippen molar-refractivity contribution in [3.63, 3.8) is 0 Å². The molecule has 0 aliphatic carbocycles. The summed E-state index contributed by atoms with van der Waals surface area (Å²) in [6, 6.07) is 10.3. The lowest BCUT2D eigenvalue weighted by Gasteiger charge is -2.36. The van der Waals surface area contributed by atoms with Crippen molar-refractivity contribution >= 4 is 38.6 Å². The van der Waals surface area contributed by atoms with Crippen molar-refractivity contribution in [2.24, 2.45) is 0 Å². The molecule has 20 heavy (non-hydrogen) atoms. The summed E-state index contributed by atoms with van der Waals surface area (Å²) in [5, 5.41) is 2.14. The number of nitrogen functional groups attached to an aromatic ring is 1. The van der Waals surface area contributed by atoms with Crippen molar-refractivity contribution in [2.75, 3.05) is 36.8 Å². The summed E-state index contributed by atoms with van der Waals surface area (Å²) in [6.07, 6.45) is 0. The van der Waals surface area contributed by atoms with E-state index in [0.717, 1.165) is 38.4 Å². The van der Waals surface area contributed by atoms with E-state index in [9.17, 15) is 0 Å². The molecule has 1 aromatic heterocycles. The summed E-state index contributed by atoms with van der Waals surface area (Å²) in [5.74, 6) is 0. The molecule has 1 aliphatic heterocycles. The molecule has 1 aromatic carbocycles. The first-order valence-corrected chi connectivity index (χ1v) is 8.44. The molecule has 2 heterocycles. The van der Waals surface area contributed by atoms with Crippen LogP contribution in [0.1, 0.15) is 4.88 Å². The Balaban J connectivity index is 1.57. The van der Waals surface area contributed by atoms with E-state index >= 15 is 0 Å². The van der Waals surface area contributed by atoms with E-state index in [2.05, 4.69) is 49.3 Å². The molecule has 106 valence electrons. The minimum Gasteiger partial charge on any atom is -0.399 e. The second-order valence-electron chi connectivity index (χ2n) is 5.05. The lowest BCUT2D eigenvalue weighted by molar-refractivity contribution is 0.251. The average Bonchev–Trinajstić information content (AvgIpc) is 2.86. The third-order valence-corrected chi connectivity index (χ3v) is 5.60. The molecule has 0 atom stereocenters. The highest BCUT2D eigenvalue weighted by molar-refractivity contribution is 9.10. The lowest BCUT2D eigenvalue weighted by Crippen LogP contribution is -2.45. The van der Waals surface area contributed by atoms with Crippen LogP contribution in [-0.4, -0.2) is 31.1 Å². The van der Waals surface area contributed by atoms with E-state index in [1.54, 1.807) is 0 Å². The van der Waals surface area contributed by atoms with Crippen LogP contribution in [-0.2, 0) is 6.54 Å². The van der Waals surface area contributed by atoms with Crippen molar-refractivity contribution in [3.05, 3.63) is 45.1 Å². The summed E-state index contributed by atoms with van der Waals surface area (Å²) in [7, 11) is 0. The molecule has 2 aromatic rings. The van der Waals surface area contributed by atoms with Gasteiger partial charge in [-0.1, -0.05) is 0 Å². The number of nitrogens with zero attached hydrogens (tertiary/aromatic N) is 2. The standard InChI is InChI=1S/C15H18BrN3S/c16-14-5-10-20-15(14)11-18-6-8-19(9-7-18)13-3-1-12(17)2-4-13/h1-5,10H,6-9,11,17H2. The molecule has 3 nitrogen and oxygen atoms in total. The highest BCUT2D eigenvalue weighted by Gasteiger charge is 2.18. The number of halogens is 1. The van der Waals surface area contributed by atoms with Crippen molar-refractivity contribution in [1.82, 2.24) is 4.90 Å². The number of rotatable bonds is 3. The van der Waals surface area contributed by atoms with Gasteiger partial charge in [-0.05, 0) is 51.6 Å². The maximum absolute atomic E-state index is 5.74. The smallest absolute Gasteiger partial charge is 0.0368 e. The minimum atomic E-state index is 0.829. The van der Waals surface area contributed by atoms with Crippen LogP contribution in [0.5, 0.6) is 0 Å². The highest BCUT2D eigenvalue weighted by Crippen LogP contribution is 2.25. The first-order chi connectivity index (χ1) is 9.72. The van der Waals surface area contributed by atoms with Crippen LogP contribution in [0.15, 0.2) is 40.2 Å². The highest BCUT2D eigenvalue weighted by atomic mass is 79.9. The Hall–Kier alpha value is -1.04. The molecule has 3 rings (SSSR count). The SMILES string of the molecule is Nc1ccc(N2CCN(Cc3sccc3Br)CC2)cc1. The van der Waals surface area contributed by atoms with Gasteiger partial charge >= 0.3 is 0 Å². The number of benzene rings is 1. The van der Waals surface area contributed by atoms with E-state index < -0.39 is 0 Å². The molecule has 1 aliphatic rings. The number of piperazine rings is 1. The van der Waals surface area contributed by atoms with Gasteiger partial charge in [0.05, 0.1) is 0 Å². The van der Waals surface area contributed by atoms with Crippen molar-refractivity contribution < 1.29 is 0 Å². The Labute approximate surface area is 132 Å². The predicted octanol–water partition coefficient (Wildman–Crippen LogP) is 3.42. The van der Waals surface area contributed by atoms with Crippen molar-refractivity contribution in [1.29, 1.82) is 0 Å². The summed E-state index contributed by atoms with van der Waals surface area (Å²) in [5.41, 5.74) is 7.84. The fraction of sp³-hybridized carbons (Fsp3) is 0.333. The lowest BCUT2D eigenvalue weighted by atomic mass is 10.2. The summed E-state index contributed by atoms with van der Waals surface area (Å²) < 4.78 is 1.24. The molecular formula is C15H18BrN3S. The van der Waals surface area contributed by atoms with E-state index in [1.165, 1.54) is 15.0 Å². The topological polar surface area (TPSA) is 32.5 Å². The molecule has 0 bridgehead atoms. The van der Waals surface area contributed by atoms with Crippen LogP contribution in [0.25, 0.3) is 0 Å². The maximum atomic E-state index is 5.74. The van der Waals surface area contributed by atoms with E-state index in [4.69, 9.17) is 5.73 Å². The van der Waals surface area contributed by atoms with E-state index in [-0.39, 0.29) is 0 Å². The van der Waals surface area contributed by atoms with Crippen LogP contribution >= 0.6 is 27.3 Å². The molecule has 2 N–H and O–H groups in total. The summed E-state index contributed by atoms with van der Waals surface area (Å²) in [4.78, 5) is 6.37. The molecule has 0 radical (unpaired) electrons. The number of hydrogen-bond donors (Lipinski definition) is 1. The number of nitrogens with two attached hydrogens (primary N) is 1. The molecule has 0 spiro atoms. The number of hydrogen-bond acceptors (Lipinski definition) is 4. The minimum absolute atomic E-state index is 0.829. The fourth-order valence-corrected chi connectivity index (χ4v) is 4.01. The van der Waals surface area contributed by atoms with Gasteiger partial charge in [-0.25, -0.2) is 0 Å². The van der Waals surface area contributed by atoms with Gasteiger partial charge in [0, 0.05) is 53.4 Å². The van der Waals surface area contributed by atoms with Gasteiger partial charge in [0.25, 0.3) is 0 Å². The third-order valence-electron chi connectivity index (χ3n) is 3.69. The van der Waals surface area contributed by atoms with Crippen molar-refractivity contribution in [2.45, 2.75) is 6.54 Å². The van der Waals surface area contributed by atoms with Gasteiger partial charge in [0.15, 0.2) is 0 Å². The second kappa shape index (κ2) is 6.16. The zero-order valence-corrected chi connectivity index (χ0v) is 13.7. The van der Waals surface area contributed by atoms with Gasteiger partial charge in [-0.3, -0.25) is 4.90 Å². The van der Waals surface area contributed by atoms with Crippen LogP contribution in [0, 0.1) is 0 Å². The molecule has 1 fully saturated rings. The largest absolute Gasteiger partial charge is 0.399 e. The second-order valence-corrected chi connectivity index (χ2v) is 6.90. The fourth-order valence-electron chi connectivity index (χ4n) is 2.49. The third kappa shape index (κ3) is 3.16. The average molecular weight is 352 g/mol. The van der Waals surface area contributed by atoms with Gasteiger partial charge in [-0.15, -0.1) is 11.3 Å². The molecule has 0 amide bonds. The zero-order valence-electron chi connectivity index (χ0n) is 11.3. The van der Waals surface area contributed by atoms with Crippen LogP contribution in [0.2, 0.25) is 0 Å². The molecule has 5 heteroatoms. The first-order valence-electron chi connectivity index (χ1n) is 6.77. The Morgan fingerprint density at radius 1 is 1.05 bits per heavy atom. The number of thiophene rings is 1. The summed E-state index contributed by atoms with van der Waals surface area (Å²) >= 11 is 5.44. The van der Waals surface area contributed by atoms with E-state index in [0.29, 0.717) is 0 Å². The van der Waals surface area contributed by atoms with Gasteiger partial charge in [0.2, 0.25) is 0 Å². The quantitative estimate of drug-likeness (QED) is 0.860. The van der Waals surface area contributed by atoms with Gasteiger partial charge in [-0.2, -0.15) is 0 Å². The van der Waals surface area contributed by atoms with Crippen LogP contribution in [0.3, 0.4) is 0 Å². The van der Waals surface area contributed by atoms with E-state index in [1.807, 2.05) is 23.5 Å². The number of anilines is 2. The Morgan fingerprint density at radius 3 is 2.35 bits per heavy atom. The molecule has 0 unspecified atom stereocenters. The maximum Gasteiger partial charge on any atom is 0.0368 e. The van der Waals surface area contributed by atoms with Gasteiger partial charge in [0.1, 0.15) is 0 Å². The zero-order chi connectivity index (χ0) is 13.9. The Morgan fingerprint density at radius 2 is 1.75 bits per heavy atom. The monoisotopic (exact) mass is 351 g/mol. The Bertz CT molecular complexity index is 559. The normalized spacial score (nSPS) is 16.6. The molecule has 1 saturated heterocycles. The molecular weight excluding hydrogens is 334 g/mol. The van der Waals surface area contributed by atoms with Gasteiger partial charge < -0.3 is 10.6 Å².